The highest BCUT2D eigenvalue weighted by Gasteiger charge is 2.16. The molecule has 0 saturated heterocycles. The zero-order valence-corrected chi connectivity index (χ0v) is 11.8. The maximum absolute atomic E-state index is 11.6. The minimum atomic E-state index is -0.439. The van der Waals surface area contributed by atoms with Gasteiger partial charge in [-0.05, 0) is 25.6 Å². The van der Waals surface area contributed by atoms with Crippen LogP contribution in [0.1, 0.15) is 21.9 Å². The Balaban J connectivity index is 2.36. The van der Waals surface area contributed by atoms with E-state index in [9.17, 15) is 4.79 Å². The summed E-state index contributed by atoms with van der Waals surface area (Å²) in [5, 5.41) is 2.53. The summed E-state index contributed by atoms with van der Waals surface area (Å²) in [6, 6.07) is 0. The molecule has 0 aliphatic carbocycles. The van der Waals surface area contributed by atoms with Crippen LogP contribution in [0.4, 0.5) is 0 Å². The van der Waals surface area contributed by atoms with Crippen molar-refractivity contribution in [1.82, 2.24) is 15.0 Å². The molecule has 2 heterocycles. The average molecular weight is 281 g/mol. The number of thiazole rings is 1. The van der Waals surface area contributed by atoms with Gasteiger partial charge in [-0.1, -0.05) is 0 Å². The fraction of sp³-hybridized carbons (Fsp3) is 0.273. The molecule has 2 rings (SSSR count). The van der Waals surface area contributed by atoms with Gasteiger partial charge in [0.15, 0.2) is 4.34 Å². The van der Waals surface area contributed by atoms with Crippen LogP contribution in [-0.4, -0.2) is 28.0 Å². The molecule has 94 valence electrons. The number of hydrogen-bond acceptors (Lipinski definition) is 7. The van der Waals surface area contributed by atoms with Crippen molar-refractivity contribution in [2.75, 3.05) is 7.11 Å². The predicted molar refractivity (Wildman–Crippen MR) is 69.1 cm³/mol. The summed E-state index contributed by atoms with van der Waals surface area (Å²) in [7, 11) is 1.34. The molecular weight excluding hydrogens is 270 g/mol. The fourth-order valence-electron chi connectivity index (χ4n) is 1.24. The third-order valence-corrected chi connectivity index (χ3v) is 4.12. The largest absolute Gasteiger partial charge is 0.465 e. The van der Waals surface area contributed by atoms with E-state index >= 15 is 0 Å². The van der Waals surface area contributed by atoms with Gasteiger partial charge in [0.25, 0.3) is 0 Å². The molecule has 0 amide bonds. The lowest BCUT2D eigenvalue weighted by atomic mass is 10.3. The molecule has 0 radical (unpaired) electrons. The van der Waals surface area contributed by atoms with E-state index in [1.807, 2.05) is 12.3 Å². The molecule has 2 aromatic rings. The van der Waals surface area contributed by atoms with Crippen LogP contribution in [0.15, 0.2) is 20.9 Å². The van der Waals surface area contributed by atoms with Crippen LogP contribution in [0.25, 0.3) is 0 Å². The molecule has 18 heavy (non-hydrogen) atoms. The lowest BCUT2D eigenvalue weighted by molar-refractivity contribution is 0.0595. The Hall–Kier alpha value is -1.47. The first-order valence-electron chi connectivity index (χ1n) is 5.12. The number of esters is 1. The Morgan fingerprint density at radius 2 is 2.17 bits per heavy atom. The normalized spacial score (nSPS) is 10.4. The summed E-state index contributed by atoms with van der Waals surface area (Å²) in [4.78, 5) is 24.2. The fourth-order valence-corrected chi connectivity index (χ4v) is 3.11. The van der Waals surface area contributed by atoms with E-state index in [0.29, 0.717) is 16.4 Å². The van der Waals surface area contributed by atoms with Crippen LogP contribution in [0.5, 0.6) is 0 Å². The average Bonchev–Trinajstić information content (AvgIpc) is 2.74. The molecular formula is C11H11N3O2S2. The van der Waals surface area contributed by atoms with Gasteiger partial charge in [-0.25, -0.2) is 19.7 Å². The van der Waals surface area contributed by atoms with Crippen LogP contribution in [-0.2, 0) is 4.74 Å². The second-order valence-electron chi connectivity index (χ2n) is 3.48. The Bertz CT molecular complexity index is 583. The topological polar surface area (TPSA) is 65.0 Å². The standard InChI is InChI=1S/C11H11N3O2S2/c1-6-5-17-11(13-6)18-9-8(10(15)16-3)4-12-7(2)14-9/h4-5H,1-3H3. The number of carbonyl (C=O) groups is 1. The minimum Gasteiger partial charge on any atom is -0.465 e. The maximum atomic E-state index is 11.6. The van der Waals surface area contributed by atoms with E-state index in [0.717, 1.165) is 10.0 Å². The molecule has 5 nitrogen and oxygen atoms in total. The van der Waals surface area contributed by atoms with Gasteiger partial charge in [0.2, 0.25) is 0 Å². The number of methoxy groups -OCH3 is 1. The first kappa shape index (κ1) is 13.0. The highest BCUT2D eigenvalue weighted by Crippen LogP contribution is 2.31. The van der Waals surface area contributed by atoms with Crippen molar-refractivity contribution in [3.05, 3.63) is 28.7 Å². The summed E-state index contributed by atoms with van der Waals surface area (Å²) in [5.41, 5.74) is 1.31. The molecule has 0 N–H and O–H groups in total. The third kappa shape index (κ3) is 2.85. The second kappa shape index (κ2) is 5.45. The number of carbonyl (C=O) groups excluding carboxylic acids is 1. The SMILES string of the molecule is COC(=O)c1cnc(C)nc1Sc1nc(C)cs1. The molecule has 7 heteroatoms. The number of aromatic nitrogens is 3. The number of ether oxygens (including phenoxy) is 1. The molecule has 0 aromatic carbocycles. The Labute approximate surface area is 113 Å². The van der Waals surface area contributed by atoms with Crippen molar-refractivity contribution < 1.29 is 9.53 Å². The van der Waals surface area contributed by atoms with Gasteiger partial charge in [-0.3, -0.25) is 0 Å². The summed E-state index contributed by atoms with van der Waals surface area (Å²) in [5.74, 6) is 0.171. The second-order valence-corrected chi connectivity index (χ2v) is 5.58. The van der Waals surface area contributed by atoms with Crippen molar-refractivity contribution in [2.45, 2.75) is 23.2 Å². The van der Waals surface area contributed by atoms with Gasteiger partial charge in [0.05, 0.1) is 7.11 Å². The highest BCUT2D eigenvalue weighted by atomic mass is 32.2. The molecule has 0 fully saturated rings. The van der Waals surface area contributed by atoms with Crippen molar-refractivity contribution in [1.29, 1.82) is 0 Å². The number of rotatable bonds is 3. The molecule has 0 spiro atoms. The lowest BCUT2D eigenvalue weighted by Gasteiger charge is -2.05. The van der Waals surface area contributed by atoms with Gasteiger partial charge < -0.3 is 4.74 Å². The quantitative estimate of drug-likeness (QED) is 0.636. The number of nitrogens with zero attached hydrogens (tertiary/aromatic N) is 3. The van der Waals surface area contributed by atoms with Gasteiger partial charge in [-0.2, -0.15) is 0 Å². The third-order valence-electron chi connectivity index (χ3n) is 2.06. The maximum Gasteiger partial charge on any atom is 0.342 e. The van der Waals surface area contributed by atoms with E-state index in [4.69, 9.17) is 4.74 Å². The van der Waals surface area contributed by atoms with Crippen molar-refractivity contribution in [3.8, 4) is 0 Å². The van der Waals surface area contributed by atoms with Crippen LogP contribution in [0, 0.1) is 13.8 Å². The van der Waals surface area contributed by atoms with Crippen LogP contribution < -0.4 is 0 Å². The van der Waals surface area contributed by atoms with Crippen molar-refractivity contribution >= 4 is 29.1 Å². The molecule has 0 aliphatic heterocycles. The Morgan fingerprint density at radius 3 is 2.78 bits per heavy atom. The summed E-state index contributed by atoms with van der Waals surface area (Å²) >= 11 is 2.87. The van der Waals surface area contributed by atoms with E-state index in [1.165, 1.54) is 36.4 Å². The smallest absolute Gasteiger partial charge is 0.342 e. The predicted octanol–water partition coefficient (Wildman–Crippen LogP) is 2.49. The van der Waals surface area contributed by atoms with Crippen LogP contribution in [0.3, 0.4) is 0 Å². The molecule has 0 saturated carbocycles. The highest BCUT2D eigenvalue weighted by molar-refractivity contribution is 8.01. The summed E-state index contributed by atoms with van der Waals surface area (Å²) in [6.07, 6.45) is 1.48. The monoisotopic (exact) mass is 281 g/mol. The minimum absolute atomic E-state index is 0.362. The Morgan fingerprint density at radius 1 is 1.39 bits per heavy atom. The molecule has 0 aliphatic rings. The molecule has 0 unspecified atom stereocenters. The van der Waals surface area contributed by atoms with Crippen LogP contribution >= 0.6 is 23.1 Å². The van der Waals surface area contributed by atoms with Gasteiger partial charge in [-0.15, -0.1) is 11.3 Å². The van der Waals surface area contributed by atoms with Crippen molar-refractivity contribution in [3.63, 3.8) is 0 Å². The van der Waals surface area contributed by atoms with E-state index in [1.54, 1.807) is 6.92 Å². The first-order valence-corrected chi connectivity index (χ1v) is 6.81. The molecule has 2 aromatic heterocycles. The van der Waals surface area contributed by atoms with E-state index < -0.39 is 5.97 Å². The number of hydrogen-bond donors (Lipinski definition) is 0. The van der Waals surface area contributed by atoms with Gasteiger partial charge in [0, 0.05) is 17.3 Å². The lowest BCUT2D eigenvalue weighted by Crippen LogP contribution is -2.06. The van der Waals surface area contributed by atoms with Crippen LogP contribution in [0.2, 0.25) is 0 Å². The molecule has 0 atom stereocenters. The van der Waals surface area contributed by atoms with E-state index in [2.05, 4.69) is 15.0 Å². The zero-order chi connectivity index (χ0) is 13.1. The Kier molecular flexibility index (Phi) is 3.93. The summed E-state index contributed by atoms with van der Waals surface area (Å²) < 4.78 is 5.55. The number of aryl methyl sites for hydroxylation is 2. The first-order chi connectivity index (χ1) is 8.60. The van der Waals surface area contributed by atoms with Gasteiger partial charge in [0.1, 0.15) is 16.4 Å². The van der Waals surface area contributed by atoms with E-state index in [-0.39, 0.29) is 0 Å². The van der Waals surface area contributed by atoms with Gasteiger partial charge >= 0.3 is 5.97 Å². The van der Waals surface area contributed by atoms with Crippen molar-refractivity contribution in [2.24, 2.45) is 0 Å². The summed E-state index contributed by atoms with van der Waals surface area (Å²) in [6.45, 7) is 3.70. The molecule has 0 bridgehead atoms. The zero-order valence-electron chi connectivity index (χ0n) is 10.1.